The van der Waals surface area contributed by atoms with E-state index in [2.05, 4.69) is 58.5 Å². The molecule has 2 heteroatoms. The van der Waals surface area contributed by atoms with Gasteiger partial charge in [-0.1, -0.05) is 30.4 Å². The lowest BCUT2D eigenvalue weighted by Gasteiger charge is -1.95. The molecule has 0 bridgehead atoms. The average Bonchev–Trinajstić information content (AvgIpc) is 3.02. The molecule has 0 radical (unpaired) electrons. The molecule has 0 saturated heterocycles. The number of nitrogens with one attached hydrogen (secondary N) is 2. The summed E-state index contributed by atoms with van der Waals surface area (Å²) >= 11 is 0. The molecule has 2 heterocycles. The lowest BCUT2D eigenvalue weighted by Crippen LogP contribution is -2.24. The summed E-state index contributed by atoms with van der Waals surface area (Å²) in [6.07, 6.45) is 6.95. The Kier molecular flexibility index (Phi) is 1.83. The molecule has 1 aliphatic rings. The van der Waals surface area contributed by atoms with Gasteiger partial charge in [-0.05, 0) is 31.0 Å². The van der Waals surface area contributed by atoms with E-state index in [-0.39, 0.29) is 0 Å². The first-order valence-corrected chi connectivity index (χ1v) is 7.13. The predicted octanol–water partition coefficient (Wildman–Crippen LogP) is 3.16. The molecule has 0 saturated carbocycles. The largest absolute Gasteiger partial charge is 0.355 e. The molecule has 5 rings (SSSR count). The zero-order chi connectivity index (χ0) is 13.1. The molecule has 4 aromatic rings. The fraction of sp³-hybridized carbons (Fsp3) is 0.111. The van der Waals surface area contributed by atoms with Gasteiger partial charge in [-0.3, -0.25) is 0 Å². The lowest BCUT2D eigenvalue weighted by atomic mass is 10.1. The fourth-order valence-corrected chi connectivity index (χ4v) is 3.42. The molecular formula is C18H14N2. The molecule has 0 fully saturated rings. The van der Waals surface area contributed by atoms with Crippen molar-refractivity contribution in [3.05, 3.63) is 47.0 Å². The van der Waals surface area contributed by atoms with Gasteiger partial charge in [-0.2, -0.15) is 0 Å². The third-order valence-corrected chi connectivity index (χ3v) is 4.36. The summed E-state index contributed by atoms with van der Waals surface area (Å²) in [5.74, 6) is 0. The number of fused-ring (bicyclic) bond motifs is 6. The molecule has 2 aromatic heterocycles. The van der Waals surface area contributed by atoms with Crippen LogP contribution in [0.15, 0.2) is 36.4 Å². The Labute approximate surface area is 115 Å². The van der Waals surface area contributed by atoms with E-state index in [0.717, 1.165) is 12.8 Å². The monoisotopic (exact) mass is 258 g/mol. The van der Waals surface area contributed by atoms with Crippen LogP contribution in [0.25, 0.3) is 44.9 Å². The van der Waals surface area contributed by atoms with Crippen molar-refractivity contribution in [3.63, 3.8) is 0 Å². The second kappa shape index (κ2) is 3.54. The van der Waals surface area contributed by atoms with Gasteiger partial charge in [-0.15, -0.1) is 0 Å². The minimum Gasteiger partial charge on any atom is -0.355 e. The summed E-state index contributed by atoms with van der Waals surface area (Å²) < 4.78 is 0. The standard InChI is InChI=1S/C18H14N2/c1-3-7-15-11(5-1)13-9-14-12-6-2-4-8-16(12)20-18(14)10-17(13)19-15/h1,3,5-10,19-20H,2,4H2. The van der Waals surface area contributed by atoms with Crippen molar-refractivity contribution in [3.8, 4) is 0 Å². The Morgan fingerprint density at radius 3 is 2.55 bits per heavy atom. The fourth-order valence-electron chi connectivity index (χ4n) is 3.42. The van der Waals surface area contributed by atoms with Gasteiger partial charge in [0.05, 0.1) is 0 Å². The minimum absolute atomic E-state index is 1.14. The first-order valence-electron chi connectivity index (χ1n) is 7.13. The molecule has 1 aliphatic carbocycles. The van der Waals surface area contributed by atoms with Gasteiger partial charge in [0.1, 0.15) is 0 Å². The van der Waals surface area contributed by atoms with Gasteiger partial charge in [-0.25, -0.2) is 0 Å². The maximum absolute atomic E-state index is 3.55. The topological polar surface area (TPSA) is 31.6 Å². The number of aromatic amines is 2. The molecule has 0 atom stereocenters. The van der Waals surface area contributed by atoms with Crippen LogP contribution >= 0.6 is 0 Å². The average molecular weight is 258 g/mol. The van der Waals surface area contributed by atoms with Crippen LogP contribution in [0, 0.1) is 0 Å². The predicted molar refractivity (Wildman–Crippen MR) is 85.1 cm³/mol. The third-order valence-electron chi connectivity index (χ3n) is 4.36. The number of para-hydroxylation sites is 1. The highest BCUT2D eigenvalue weighted by Gasteiger charge is 2.08. The zero-order valence-electron chi connectivity index (χ0n) is 11.0. The van der Waals surface area contributed by atoms with Crippen molar-refractivity contribution in [1.29, 1.82) is 0 Å². The third kappa shape index (κ3) is 1.23. The smallest absolute Gasteiger partial charge is 0.0486 e. The quantitative estimate of drug-likeness (QED) is 0.485. The van der Waals surface area contributed by atoms with Gasteiger partial charge >= 0.3 is 0 Å². The molecule has 20 heavy (non-hydrogen) atoms. The SMILES string of the molecule is C1=c2[nH]c3cc4[nH]c5ccccc5c4cc3c2=CCC1. The summed E-state index contributed by atoms with van der Waals surface area (Å²) in [4.78, 5) is 7.06. The maximum atomic E-state index is 3.55. The van der Waals surface area contributed by atoms with Crippen molar-refractivity contribution >= 4 is 44.9 Å². The van der Waals surface area contributed by atoms with E-state index in [1.165, 1.54) is 43.3 Å². The summed E-state index contributed by atoms with van der Waals surface area (Å²) in [6.45, 7) is 0. The van der Waals surface area contributed by atoms with E-state index < -0.39 is 0 Å². The van der Waals surface area contributed by atoms with Crippen molar-refractivity contribution in [1.82, 2.24) is 9.97 Å². The van der Waals surface area contributed by atoms with Gasteiger partial charge in [0.25, 0.3) is 0 Å². The Morgan fingerprint density at radius 1 is 0.700 bits per heavy atom. The number of H-pyrrole nitrogens is 2. The minimum atomic E-state index is 1.14. The van der Waals surface area contributed by atoms with Crippen LogP contribution in [-0.4, -0.2) is 9.97 Å². The second-order valence-electron chi connectivity index (χ2n) is 5.55. The molecule has 0 spiro atoms. The van der Waals surface area contributed by atoms with Crippen LogP contribution < -0.4 is 10.6 Å². The first-order chi connectivity index (χ1) is 9.90. The Balaban J connectivity index is 2.06. The van der Waals surface area contributed by atoms with E-state index in [0.29, 0.717) is 0 Å². The number of hydrogen-bond acceptors (Lipinski definition) is 0. The zero-order valence-corrected chi connectivity index (χ0v) is 11.0. The van der Waals surface area contributed by atoms with Gasteiger partial charge < -0.3 is 9.97 Å². The molecule has 96 valence electrons. The van der Waals surface area contributed by atoms with E-state index >= 15 is 0 Å². The molecular weight excluding hydrogens is 244 g/mol. The van der Waals surface area contributed by atoms with Crippen LogP contribution in [0.5, 0.6) is 0 Å². The van der Waals surface area contributed by atoms with Crippen molar-refractivity contribution in [2.75, 3.05) is 0 Å². The van der Waals surface area contributed by atoms with E-state index in [4.69, 9.17) is 0 Å². The number of benzene rings is 2. The highest BCUT2D eigenvalue weighted by Crippen LogP contribution is 2.27. The first kappa shape index (κ1) is 10.3. The summed E-state index contributed by atoms with van der Waals surface area (Å²) in [6, 6.07) is 13.1. The van der Waals surface area contributed by atoms with Crippen molar-refractivity contribution in [2.45, 2.75) is 12.8 Å². The Hall–Kier alpha value is -2.48. The maximum Gasteiger partial charge on any atom is 0.0486 e. The highest BCUT2D eigenvalue weighted by molar-refractivity contribution is 6.11. The van der Waals surface area contributed by atoms with Crippen LogP contribution in [0.2, 0.25) is 0 Å². The number of aromatic nitrogens is 2. The molecule has 2 nitrogen and oxygen atoms in total. The Bertz CT molecular complexity index is 1090. The molecule has 2 aromatic carbocycles. The second-order valence-corrected chi connectivity index (χ2v) is 5.55. The van der Waals surface area contributed by atoms with Crippen LogP contribution in [-0.2, 0) is 0 Å². The number of rotatable bonds is 0. The molecule has 2 N–H and O–H groups in total. The van der Waals surface area contributed by atoms with Crippen molar-refractivity contribution < 1.29 is 0 Å². The van der Waals surface area contributed by atoms with E-state index in [9.17, 15) is 0 Å². The molecule has 0 amide bonds. The van der Waals surface area contributed by atoms with Crippen LogP contribution in [0.3, 0.4) is 0 Å². The van der Waals surface area contributed by atoms with Gasteiger partial charge in [0.15, 0.2) is 0 Å². The summed E-state index contributed by atoms with van der Waals surface area (Å²) in [7, 11) is 0. The molecule has 0 unspecified atom stereocenters. The Morgan fingerprint density at radius 2 is 1.55 bits per heavy atom. The summed E-state index contributed by atoms with van der Waals surface area (Å²) in [5.41, 5.74) is 3.64. The summed E-state index contributed by atoms with van der Waals surface area (Å²) in [5, 5.41) is 6.61. The van der Waals surface area contributed by atoms with E-state index in [1.54, 1.807) is 0 Å². The molecule has 0 aliphatic heterocycles. The van der Waals surface area contributed by atoms with Gasteiger partial charge in [0.2, 0.25) is 0 Å². The van der Waals surface area contributed by atoms with Crippen LogP contribution in [0.4, 0.5) is 0 Å². The highest BCUT2D eigenvalue weighted by atomic mass is 14.7. The lowest BCUT2D eigenvalue weighted by molar-refractivity contribution is 1.11. The normalized spacial score (nSPS) is 14.4. The van der Waals surface area contributed by atoms with E-state index in [1.807, 2.05) is 0 Å². The van der Waals surface area contributed by atoms with Crippen molar-refractivity contribution in [2.24, 2.45) is 0 Å². The van der Waals surface area contributed by atoms with Crippen LogP contribution in [0.1, 0.15) is 12.8 Å². The number of hydrogen-bond donors (Lipinski definition) is 2. The van der Waals surface area contributed by atoms with Gasteiger partial charge in [0, 0.05) is 43.3 Å².